The molecule has 1 aromatic rings. The highest BCUT2D eigenvalue weighted by atomic mass is 16.5. The van der Waals surface area contributed by atoms with E-state index >= 15 is 0 Å². The monoisotopic (exact) mass is 279 g/mol. The van der Waals surface area contributed by atoms with E-state index in [4.69, 9.17) is 4.74 Å². The summed E-state index contributed by atoms with van der Waals surface area (Å²) in [6.07, 6.45) is 0.997. The molecule has 1 aromatic carbocycles. The molecule has 2 unspecified atom stereocenters. The largest absolute Gasteiger partial charge is 0.387 e. The molecular weight excluding hydrogens is 254 g/mol. The number of aliphatic hydroxyl groups excluding tert-OH is 1. The molecule has 4 heteroatoms. The lowest BCUT2D eigenvalue weighted by molar-refractivity contribution is -0.125. The summed E-state index contributed by atoms with van der Waals surface area (Å²) < 4.78 is 4.97. The second-order valence-electron chi connectivity index (χ2n) is 5.21. The van der Waals surface area contributed by atoms with Gasteiger partial charge in [-0.15, -0.1) is 0 Å². The quantitative estimate of drug-likeness (QED) is 0.717. The van der Waals surface area contributed by atoms with Crippen molar-refractivity contribution in [1.82, 2.24) is 5.32 Å². The molecule has 2 N–H and O–H groups in total. The van der Waals surface area contributed by atoms with E-state index in [2.05, 4.69) is 5.32 Å². The molecule has 1 rings (SSSR count). The van der Waals surface area contributed by atoms with Crippen LogP contribution in [0, 0.1) is 12.8 Å². The van der Waals surface area contributed by atoms with Crippen molar-refractivity contribution >= 4 is 5.91 Å². The molecule has 0 saturated carbocycles. The van der Waals surface area contributed by atoms with Gasteiger partial charge in [0, 0.05) is 26.2 Å². The molecule has 0 fully saturated rings. The zero-order valence-corrected chi connectivity index (χ0v) is 12.6. The predicted molar refractivity (Wildman–Crippen MR) is 79.4 cm³/mol. The van der Waals surface area contributed by atoms with Crippen LogP contribution in [-0.4, -0.2) is 31.3 Å². The molecule has 0 heterocycles. The van der Waals surface area contributed by atoms with Gasteiger partial charge in [-0.05, 0) is 25.3 Å². The lowest BCUT2D eigenvalue weighted by atomic mass is 10.0. The Morgan fingerprint density at radius 1 is 1.35 bits per heavy atom. The van der Waals surface area contributed by atoms with Gasteiger partial charge in [0.05, 0.1) is 6.10 Å². The number of hydrogen-bond donors (Lipinski definition) is 2. The number of carbonyl (C=O) groups is 1. The van der Waals surface area contributed by atoms with Gasteiger partial charge in [-0.3, -0.25) is 4.79 Å². The van der Waals surface area contributed by atoms with Gasteiger partial charge in [0.15, 0.2) is 0 Å². The number of rotatable bonds is 8. The van der Waals surface area contributed by atoms with E-state index < -0.39 is 6.10 Å². The van der Waals surface area contributed by atoms with E-state index in [-0.39, 0.29) is 18.4 Å². The number of hydrogen-bond acceptors (Lipinski definition) is 3. The summed E-state index contributed by atoms with van der Waals surface area (Å²) in [5.74, 6) is -0.0809. The number of aliphatic hydroxyl groups is 1. The summed E-state index contributed by atoms with van der Waals surface area (Å²) >= 11 is 0. The van der Waals surface area contributed by atoms with Gasteiger partial charge in [0.2, 0.25) is 5.91 Å². The average molecular weight is 279 g/mol. The summed E-state index contributed by atoms with van der Waals surface area (Å²) in [5.41, 5.74) is 1.97. The minimum absolute atomic E-state index is 0.0211. The second kappa shape index (κ2) is 8.72. The van der Waals surface area contributed by atoms with Crippen LogP contribution in [-0.2, 0) is 9.53 Å². The lowest BCUT2D eigenvalue weighted by Crippen LogP contribution is -2.32. The van der Waals surface area contributed by atoms with E-state index in [9.17, 15) is 9.90 Å². The minimum Gasteiger partial charge on any atom is -0.387 e. The third-order valence-electron chi connectivity index (χ3n) is 3.36. The molecule has 0 saturated heterocycles. The van der Waals surface area contributed by atoms with Crippen LogP contribution in [0.2, 0.25) is 0 Å². The third kappa shape index (κ3) is 5.72. The molecule has 0 spiro atoms. The van der Waals surface area contributed by atoms with Crippen molar-refractivity contribution < 1.29 is 14.6 Å². The first kappa shape index (κ1) is 16.7. The fourth-order valence-electron chi connectivity index (χ4n) is 1.94. The van der Waals surface area contributed by atoms with Crippen molar-refractivity contribution in [1.29, 1.82) is 0 Å². The van der Waals surface area contributed by atoms with Crippen LogP contribution in [0.15, 0.2) is 24.3 Å². The Bertz CT molecular complexity index is 403. The van der Waals surface area contributed by atoms with Crippen LogP contribution < -0.4 is 5.32 Å². The standard InChI is InChI=1S/C16H25NO3/c1-12-6-8-14(9-7-12)15(18)11-17-16(19)13(2)5-4-10-20-3/h6-9,13,15,18H,4-5,10-11H2,1-3H3,(H,17,19). The molecule has 0 aliphatic heterocycles. The van der Waals surface area contributed by atoms with Crippen LogP contribution >= 0.6 is 0 Å². The van der Waals surface area contributed by atoms with Crippen molar-refractivity contribution in [2.45, 2.75) is 32.8 Å². The first-order chi connectivity index (χ1) is 9.54. The molecule has 0 aliphatic carbocycles. The summed E-state index contributed by atoms with van der Waals surface area (Å²) in [4.78, 5) is 11.9. The average Bonchev–Trinajstić information content (AvgIpc) is 2.45. The number of nitrogens with one attached hydrogen (secondary N) is 1. The first-order valence-corrected chi connectivity index (χ1v) is 7.06. The molecule has 0 aliphatic rings. The number of methoxy groups -OCH3 is 1. The maximum atomic E-state index is 11.9. The van der Waals surface area contributed by atoms with Gasteiger partial charge in [-0.25, -0.2) is 0 Å². The topological polar surface area (TPSA) is 58.6 Å². The van der Waals surface area contributed by atoms with E-state index in [1.54, 1.807) is 7.11 Å². The Labute approximate surface area is 121 Å². The van der Waals surface area contributed by atoms with E-state index in [0.29, 0.717) is 6.61 Å². The number of aryl methyl sites for hydroxylation is 1. The summed E-state index contributed by atoms with van der Waals surface area (Å²) in [7, 11) is 1.66. The van der Waals surface area contributed by atoms with Gasteiger partial charge >= 0.3 is 0 Å². The number of amides is 1. The van der Waals surface area contributed by atoms with Crippen molar-refractivity contribution in [3.05, 3.63) is 35.4 Å². The maximum absolute atomic E-state index is 11.9. The lowest BCUT2D eigenvalue weighted by Gasteiger charge is -2.15. The normalized spacial score (nSPS) is 13.8. The molecule has 0 radical (unpaired) electrons. The minimum atomic E-state index is -0.661. The van der Waals surface area contributed by atoms with Crippen LogP contribution in [0.1, 0.15) is 37.0 Å². The number of carbonyl (C=O) groups excluding carboxylic acids is 1. The van der Waals surface area contributed by atoms with Gasteiger partial charge < -0.3 is 15.2 Å². The third-order valence-corrected chi connectivity index (χ3v) is 3.36. The number of ether oxygens (including phenoxy) is 1. The van der Waals surface area contributed by atoms with Crippen LogP contribution in [0.5, 0.6) is 0 Å². The summed E-state index contributed by atoms with van der Waals surface area (Å²) in [6.45, 7) is 4.81. The molecule has 4 nitrogen and oxygen atoms in total. The molecular formula is C16H25NO3. The Kier molecular flexibility index (Phi) is 7.26. The fraction of sp³-hybridized carbons (Fsp3) is 0.562. The summed E-state index contributed by atoms with van der Waals surface area (Å²) in [5, 5.41) is 12.8. The Morgan fingerprint density at radius 2 is 2.00 bits per heavy atom. The molecule has 1 amide bonds. The Balaban J connectivity index is 2.34. The maximum Gasteiger partial charge on any atom is 0.222 e. The van der Waals surface area contributed by atoms with Crippen LogP contribution in [0.4, 0.5) is 0 Å². The first-order valence-electron chi connectivity index (χ1n) is 7.06. The SMILES string of the molecule is COCCCC(C)C(=O)NCC(O)c1ccc(C)cc1. The van der Waals surface area contributed by atoms with E-state index in [0.717, 1.165) is 24.0 Å². The van der Waals surface area contributed by atoms with Crippen molar-refractivity contribution in [3.8, 4) is 0 Å². The Hall–Kier alpha value is -1.39. The molecule has 0 aromatic heterocycles. The van der Waals surface area contributed by atoms with E-state index in [1.807, 2.05) is 38.1 Å². The van der Waals surface area contributed by atoms with Crippen LogP contribution in [0.25, 0.3) is 0 Å². The number of benzene rings is 1. The highest BCUT2D eigenvalue weighted by Crippen LogP contribution is 2.13. The molecule has 0 bridgehead atoms. The molecule has 2 atom stereocenters. The molecule has 112 valence electrons. The summed E-state index contributed by atoms with van der Waals surface area (Å²) in [6, 6.07) is 7.67. The van der Waals surface area contributed by atoms with E-state index in [1.165, 1.54) is 0 Å². The highest BCUT2D eigenvalue weighted by Gasteiger charge is 2.14. The molecule has 20 heavy (non-hydrogen) atoms. The van der Waals surface area contributed by atoms with Crippen molar-refractivity contribution in [2.24, 2.45) is 5.92 Å². The Morgan fingerprint density at radius 3 is 2.60 bits per heavy atom. The fourth-order valence-corrected chi connectivity index (χ4v) is 1.94. The van der Waals surface area contributed by atoms with Gasteiger partial charge in [-0.2, -0.15) is 0 Å². The van der Waals surface area contributed by atoms with Gasteiger partial charge in [0.25, 0.3) is 0 Å². The predicted octanol–water partition coefficient (Wildman–Crippen LogP) is 2.21. The zero-order chi connectivity index (χ0) is 15.0. The zero-order valence-electron chi connectivity index (χ0n) is 12.6. The highest BCUT2D eigenvalue weighted by molar-refractivity contribution is 5.78. The van der Waals surface area contributed by atoms with Crippen molar-refractivity contribution in [2.75, 3.05) is 20.3 Å². The van der Waals surface area contributed by atoms with Gasteiger partial charge in [-0.1, -0.05) is 36.8 Å². The second-order valence-corrected chi connectivity index (χ2v) is 5.21. The van der Waals surface area contributed by atoms with Crippen molar-refractivity contribution in [3.63, 3.8) is 0 Å². The smallest absolute Gasteiger partial charge is 0.222 e. The van der Waals surface area contributed by atoms with Gasteiger partial charge in [0.1, 0.15) is 0 Å². The van der Waals surface area contributed by atoms with Crippen LogP contribution in [0.3, 0.4) is 0 Å².